The zero-order valence-corrected chi connectivity index (χ0v) is 28.4. The van der Waals surface area contributed by atoms with Crippen LogP contribution in [-0.4, -0.2) is 42.7 Å². The van der Waals surface area contributed by atoms with E-state index in [1.165, 1.54) is 12.8 Å². The third kappa shape index (κ3) is 12.0. The molecule has 246 valence electrons. The second-order valence-corrected chi connectivity index (χ2v) is 16.5. The minimum atomic E-state index is -3.92. The molecule has 43 heavy (non-hydrogen) atoms. The SMILES string of the molecule is O=[P+](OC1CCCCC1)OC1CCCC(OP(=O)(OC2CCCCC2)OC2CCCC(O[P+](=O)OC3CCCCC3)C2)C1. The highest BCUT2D eigenvalue weighted by Crippen LogP contribution is 2.57. The Morgan fingerprint density at radius 3 is 1.09 bits per heavy atom. The maximum absolute atomic E-state index is 14.3. The number of phosphoric acid groups is 1. The van der Waals surface area contributed by atoms with Gasteiger partial charge in [0, 0.05) is 22.0 Å². The van der Waals surface area contributed by atoms with Crippen LogP contribution >= 0.6 is 24.3 Å². The van der Waals surface area contributed by atoms with Crippen molar-refractivity contribution in [3.63, 3.8) is 0 Å². The average Bonchev–Trinajstić information content (AvgIpc) is 2.99. The predicted octanol–water partition coefficient (Wildman–Crippen LogP) is 10.1. The van der Waals surface area contributed by atoms with Crippen LogP contribution in [0.1, 0.15) is 148 Å². The van der Waals surface area contributed by atoms with Crippen LogP contribution in [0.4, 0.5) is 0 Å². The van der Waals surface area contributed by atoms with E-state index in [2.05, 4.69) is 0 Å². The molecule has 13 heteroatoms. The van der Waals surface area contributed by atoms with Crippen molar-refractivity contribution >= 4 is 24.3 Å². The maximum atomic E-state index is 14.3. The summed E-state index contributed by atoms with van der Waals surface area (Å²) in [5.41, 5.74) is 0. The molecule has 0 bridgehead atoms. The molecule has 0 spiro atoms. The molecule has 0 aromatic rings. The smallest absolute Gasteiger partial charge is 0.284 e. The Hall–Kier alpha value is 0.150. The zero-order chi connectivity index (χ0) is 29.9. The largest absolute Gasteiger partial charge is 0.697 e. The number of rotatable bonds is 14. The molecule has 5 fully saturated rings. The van der Waals surface area contributed by atoms with Gasteiger partial charge in [0.1, 0.15) is 24.4 Å². The molecule has 0 N–H and O–H groups in total. The van der Waals surface area contributed by atoms with Gasteiger partial charge in [-0.15, -0.1) is 18.1 Å². The van der Waals surface area contributed by atoms with Crippen molar-refractivity contribution in [1.29, 1.82) is 0 Å². The predicted molar refractivity (Wildman–Crippen MR) is 163 cm³/mol. The van der Waals surface area contributed by atoms with Crippen LogP contribution in [0.15, 0.2) is 0 Å². The third-order valence-corrected chi connectivity index (χ3v) is 13.1. The van der Waals surface area contributed by atoms with E-state index in [1.54, 1.807) is 0 Å². The Morgan fingerprint density at radius 1 is 0.372 bits per heavy atom. The van der Waals surface area contributed by atoms with Gasteiger partial charge in [-0.2, -0.15) is 0 Å². The standard InChI is InChI=1S/C30H53O10P3/c31-41(34-24-12-4-1-5-13-24)36-27-18-10-20-29(22-27)39-43(33,38-26-16-8-3-9-17-26)40-30-21-11-19-28(23-30)37-42(32)35-25-14-6-2-7-15-25/h24-30H,1-23H2/q+2. The van der Waals surface area contributed by atoms with Crippen LogP contribution in [0.5, 0.6) is 0 Å². The fourth-order valence-electron chi connectivity index (χ4n) is 7.26. The normalized spacial score (nSPS) is 32.7. The van der Waals surface area contributed by atoms with E-state index in [0.29, 0.717) is 25.7 Å². The fourth-order valence-corrected chi connectivity index (χ4v) is 11.0. The highest BCUT2D eigenvalue weighted by atomic mass is 31.2. The average molecular weight is 667 g/mol. The van der Waals surface area contributed by atoms with Crippen LogP contribution < -0.4 is 0 Å². The van der Waals surface area contributed by atoms with Gasteiger partial charge in [-0.25, -0.2) is 4.57 Å². The summed E-state index contributed by atoms with van der Waals surface area (Å²) >= 11 is 0. The summed E-state index contributed by atoms with van der Waals surface area (Å²) in [6, 6.07) is 0. The second-order valence-electron chi connectivity index (χ2n) is 13.2. The summed E-state index contributed by atoms with van der Waals surface area (Å²) in [6.45, 7) is 0. The molecule has 6 unspecified atom stereocenters. The lowest BCUT2D eigenvalue weighted by atomic mass is 9.95. The Bertz CT molecular complexity index is 860. The molecular formula is C30H53O10P3+2. The number of hydrogen-bond donors (Lipinski definition) is 0. The first kappa shape index (κ1) is 34.5. The first-order valence-electron chi connectivity index (χ1n) is 17.2. The minimum Gasteiger partial charge on any atom is -0.284 e. The molecular weight excluding hydrogens is 613 g/mol. The monoisotopic (exact) mass is 666 g/mol. The molecule has 5 aliphatic carbocycles. The lowest BCUT2D eigenvalue weighted by Gasteiger charge is -2.34. The zero-order valence-electron chi connectivity index (χ0n) is 25.7. The highest BCUT2D eigenvalue weighted by molar-refractivity contribution is 7.48. The number of phosphoric ester groups is 1. The van der Waals surface area contributed by atoms with Crippen LogP contribution in [0.2, 0.25) is 0 Å². The second kappa shape index (κ2) is 17.9. The molecule has 5 aliphatic rings. The van der Waals surface area contributed by atoms with Gasteiger partial charge in [-0.1, -0.05) is 57.8 Å². The maximum Gasteiger partial charge on any atom is 0.697 e. The molecule has 0 aromatic heterocycles. The lowest BCUT2D eigenvalue weighted by molar-refractivity contribution is -0.0193. The molecule has 0 aliphatic heterocycles. The topological polar surface area (TPSA) is 116 Å². The van der Waals surface area contributed by atoms with Crippen molar-refractivity contribution in [2.24, 2.45) is 0 Å². The van der Waals surface area contributed by atoms with Gasteiger partial charge in [0.15, 0.2) is 0 Å². The van der Waals surface area contributed by atoms with E-state index in [9.17, 15) is 13.7 Å². The van der Waals surface area contributed by atoms with Gasteiger partial charge < -0.3 is 0 Å². The molecule has 5 saturated carbocycles. The van der Waals surface area contributed by atoms with Crippen molar-refractivity contribution in [1.82, 2.24) is 0 Å². The Balaban J connectivity index is 1.14. The molecule has 0 saturated heterocycles. The summed E-state index contributed by atoms with van der Waals surface area (Å²) < 4.78 is 81.3. The van der Waals surface area contributed by atoms with E-state index >= 15 is 0 Å². The van der Waals surface area contributed by atoms with E-state index in [-0.39, 0.29) is 42.7 Å². The molecule has 0 heterocycles. The molecule has 0 amide bonds. The van der Waals surface area contributed by atoms with Crippen molar-refractivity contribution in [3.8, 4) is 0 Å². The van der Waals surface area contributed by atoms with Gasteiger partial charge in [0.05, 0.1) is 18.3 Å². The van der Waals surface area contributed by atoms with Gasteiger partial charge >= 0.3 is 24.3 Å². The number of hydrogen-bond acceptors (Lipinski definition) is 10. The quantitative estimate of drug-likeness (QED) is 0.166. The molecule has 6 atom stereocenters. The van der Waals surface area contributed by atoms with Gasteiger partial charge in [-0.05, 0) is 77.0 Å². The van der Waals surface area contributed by atoms with E-state index in [4.69, 9.17) is 31.7 Å². The summed E-state index contributed by atoms with van der Waals surface area (Å²) in [6.07, 6.45) is 19.4. The van der Waals surface area contributed by atoms with Crippen molar-refractivity contribution in [3.05, 3.63) is 0 Å². The third-order valence-electron chi connectivity index (χ3n) is 9.59. The lowest BCUT2D eigenvalue weighted by Crippen LogP contribution is -2.31. The van der Waals surface area contributed by atoms with Gasteiger partial charge in [0.25, 0.3) is 0 Å². The summed E-state index contributed by atoms with van der Waals surface area (Å²) in [5.74, 6) is 0. The van der Waals surface area contributed by atoms with E-state index in [0.717, 1.165) is 109 Å². The minimum absolute atomic E-state index is 0.00534. The van der Waals surface area contributed by atoms with Gasteiger partial charge in [0.2, 0.25) is 0 Å². The summed E-state index contributed by atoms with van der Waals surface area (Å²) in [5, 5.41) is 0. The Morgan fingerprint density at radius 2 is 0.674 bits per heavy atom. The first-order chi connectivity index (χ1) is 20.9. The summed E-state index contributed by atoms with van der Waals surface area (Å²) in [4.78, 5) is 0. The van der Waals surface area contributed by atoms with Crippen LogP contribution in [0.3, 0.4) is 0 Å². The van der Waals surface area contributed by atoms with E-state index in [1.807, 2.05) is 0 Å². The van der Waals surface area contributed by atoms with Crippen molar-refractivity contribution in [2.75, 3.05) is 0 Å². The molecule has 5 rings (SSSR count). The van der Waals surface area contributed by atoms with Crippen molar-refractivity contribution < 1.29 is 45.4 Å². The summed E-state index contributed by atoms with van der Waals surface area (Å²) in [7, 11) is -8.34. The van der Waals surface area contributed by atoms with Crippen LogP contribution in [0.25, 0.3) is 0 Å². The Kier molecular flexibility index (Phi) is 14.4. The van der Waals surface area contributed by atoms with Crippen molar-refractivity contribution in [2.45, 2.75) is 190 Å². The van der Waals surface area contributed by atoms with Gasteiger partial charge in [-0.3, -0.25) is 13.6 Å². The molecule has 0 radical (unpaired) electrons. The molecule has 0 aromatic carbocycles. The Labute approximate surface area is 259 Å². The van der Waals surface area contributed by atoms with Crippen LogP contribution in [0, 0.1) is 0 Å². The highest BCUT2D eigenvalue weighted by Gasteiger charge is 2.43. The first-order valence-corrected chi connectivity index (χ1v) is 20.8. The molecule has 10 nitrogen and oxygen atoms in total. The fraction of sp³-hybridized carbons (Fsp3) is 1.00. The van der Waals surface area contributed by atoms with E-state index < -0.39 is 24.3 Å². The van der Waals surface area contributed by atoms with Crippen LogP contribution in [-0.2, 0) is 45.4 Å².